The highest BCUT2D eigenvalue weighted by Crippen LogP contribution is 2.32. The second-order valence-electron chi connectivity index (χ2n) is 7.75. The van der Waals surface area contributed by atoms with Crippen LogP contribution in [-0.2, 0) is 16.9 Å². The predicted octanol–water partition coefficient (Wildman–Crippen LogP) is 3.87. The van der Waals surface area contributed by atoms with Crippen molar-refractivity contribution in [1.82, 2.24) is 20.4 Å². The van der Waals surface area contributed by atoms with Crippen molar-refractivity contribution < 1.29 is 18.8 Å². The van der Waals surface area contributed by atoms with Gasteiger partial charge in [0.25, 0.3) is 5.91 Å². The van der Waals surface area contributed by atoms with E-state index in [9.17, 15) is 9.59 Å². The summed E-state index contributed by atoms with van der Waals surface area (Å²) in [6.45, 7) is 1.58. The van der Waals surface area contributed by atoms with Crippen LogP contribution >= 0.6 is 0 Å². The van der Waals surface area contributed by atoms with Gasteiger partial charge in [-0.25, -0.2) is 4.79 Å². The van der Waals surface area contributed by atoms with Crippen molar-refractivity contribution in [2.45, 2.75) is 19.0 Å². The van der Waals surface area contributed by atoms with E-state index in [0.717, 1.165) is 15.7 Å². The van der Waals surface area contributed by atoms with Gasteiger partial charge in [-0.2, -0.15) is 4.98 Å². The molecule has 0 aliphatic carbocycles. The van der Waals surface area contributed by atoms with Gasteiger partial charge in [-0.1, -0.05) is 53.7 Å². The SMILES string of the molecule is COc1cccc(-c2noc(CN3C(=O)NC(C)(c4ccc5ccccc5c4)C3=O)n2)c1. The molecular weight excluding hydrogens is 408 g/mol. The molecule has 0 saturated carbocycles. The molecule has 1 aliphatic heterocycles. The van der Waals surface area contributed by atoms with E-state index in [2.05, 4.69) is 15.5 Å². The Labute approximate surface area is 183 Å². The summed E-state index contributed by atoms with van der Waals surface area (Å²) in [5.41, 5.74) is 0.230. The zero-order chi connectivity index (χ0) is 22.3. The average Bonchev–Trinajstić information content (AvgIpc) is 3.38. The number of fused-ring (bicyclic) bond motifs is 1. The molecule has 160 valence electrons. The van der Waals surface area contributed by atoms with Crippen LogP contribution in [0.4, 0.5) is 4.79 Å². The van der Waals surface area contributed by atoms with Crippen LogP contribution in [0.3, 0.4) is 0 Å². The lowest BCUT2D eigenvalue weighted by atomic mass is 9.90. The number of methoxy groups -OCH3 is 1. The Morgan fingerprint density at radius 2 is 1.84 bits per heavy atom. The van der Waals surface area contributed by atoms with Crippen LogP contribution in [0.15, 0.2) is 71.3 Å². The summed E-state index contributed by atoms with van der Waals surface area (Å²) >= 11 is 0. The first-order valence-electron chi connectivity index (χ1n) is 10.1. The van der Waals surface area contributed by atoms with Crippen LogP contribution in [0, 0.1) is 0 Å². The van der Waals surface area contributed by atoms with E-state index in [1.54, 1.807) is 20.1 Å². The van der Waals surface area contributed by atoms with Gasteiger partial charge >= 0.3 is 6.03 Å². The number of rotatable bonds is 5. The second kappa shape index (κ2) is 7.49. The van der Waals surface area contributed by atoms with E-state index >= 15 is 0 Å². The van der Waals surface area contributed by atoms with Crippen LogP contribution in [0.2, 0.25) is 0 Å². The first-order valence-corrected chi connectivity index (χ1v) is 10.1. The zero-order valence-electron chi connectivity index (χ0n) is 17.5. The molecule has 2 heterocycles. The van der Waals surface area contributed by atoms with Gasteiger partial charge in [0.05, 0.1) is 7.11 Å². The standard InChI is InChI=1S/C24H20N4O4/c1-24(18-11-10-15-6-3-4-7-16(15)12-18)22(29)28(23(30)26-24)14-20-25-21(27-32-20)17-8-5-9-19(13-17)31-2/h3-13H,14H2,1-2H3,(H,26,30). The van der Waals surface area contributed by atoms with Crippen LogP contribution in [0.1, 0.15) is 18.4 Å². The summed E-state index contributed by atoms with van der Waals surface area (Å²) < 4.78 is 10.5. The molecule has 1 N–H and O–H groups in total. The number of urea groups is 1. The lowest BCUT2D eigenvalue weighted by Gasteiger charge is -2.22. The van der Waals surface area contributed by atoms with E-state index < -0.39 is 11.6 Å². The molecule has 1 fully saturated rings. The fraction of sp³-hybridized carbons (Fsp3) is 0.167. The van der Waals surface area contributed by atoms with E-state index in [4.69, 9.17) is 9.26 Å². The fourth-order valence-corrected chi connectivity index (χ4v) is 3.87. The number of ether oxygens (including phenoxy) is 1. The van der Waals surface area contributed by atoms with Crippen LogP contribution in [0.25, 0.3) is 22.2 Å². The Morgan fingerprint density at radius 1 is 1.03 bits per heavy atom. The van der Waals surface area contributed by atoms with Crippen molar-refractivity contribution >= 4 is 22.7 Å². The van der Waals surface area contributed by atoms with Crippen LogP contribution in [0.5, 0.6) is 5.75 Å². The fourth-order valence-electron chi connectivity index (χ4n) is 3.87. The summed E-state index contributed by atoms with van der Waals surface area (Å²) in [7, 11) is 1.57. The molecule has 1 atom stereocenters. The number of hydrogen-bond acceptors (Lipinski definition) is 6. The molecule has 4 aromatic rings. The second-order valence-corrected chi connectivity index (χ2v) is 7.75. The molecule has 3 amide bonds. The molecule has 1 aromatic heterocycles. The molecule has 8 nitrogen and oxygen atoms in total. The van der Waals surface area contributed by atoms with Gasteiger partial charge in [0, 0.05) is 5.56 Å². The van der Waals surface area contributed by atoms with E-state index in [1.165, 1.54) is 0 Å². The minimum Gasteiger partial charge on any atom is -0.497 e. The molecule has 0 radical (unpaired) electrons. The topological polar surface area (TPSA) is 97.6 Å². The van der Waals surface area contributed by atoms with Crippen molar-refractivity contribution in [2.75, 3.05) is 7.11 Å². The number of hydrogen-bond donors (Lipinski definition) is 1. The number of nitrogens with one attached hydrogen (secondary N) is 1. The highest BCUT2D eigenvalue weighted by atomic mass is 16.5. The van der Waals surface area contributed by atoms with Gasteiger partial charge in [-0.05, 0) is 41.5 Å². The Hall–Kier alpha value is -4.20. The predicted molar refractivity (Wildman–Crippen MR) is 117 cm³/mol. The van der Waals surface area contributed by atoms with Gasteiger partial charge in [-0.15, -0.1) is 0 Å². The van der Waals surface area contributed by atoms with Gasteiger partial charge in [0.1, 0.15) is 17.8 Å². The average molecular weight is 428 g/mol. The normalized spacial score (nSPS) is 18.2. The molecule has 0 spiro atoms. The smallest absolute Gasteiger partial charge is 0.325 e. The monoisotopic (exact) mass is 428 g/mol. The molecule has 1 saturated heterocycles. The molecule has 8 heteroatoms. The first kappa shape index (κ1) is 19.7. The minimum absolute atomic E-state index is 0.120. The molecule has 32 heavy (non-hydrogen) atoms. The van der Waals surface area contributed by atoms with Gasteiger partial charge < -0.3 is 14.6 Å². The summed E-state index contributed by atoms with van der Waals surface area (Å²) in [4.78, 5) is 31.4. The van der Waals surface area contributed by atoms with Crippen molar-refractivity contribution in [3.8, 4) is 17.1 Å². The van der Waals surface area contributed by atoms with E-state index in [1.807, 2.05) is 60.7 Å². The molecule has 0 bridgehead atoms. The summed E-state index contributed by atoms with van der Waals surface area (Å²) in [6.07, 6.45) is 0. The number of carbonyl (C=O) groups excluding carboxylic acids is 2. The molecule has 1 aliphatic rings. The minimum atomic E-state index is -1.18. The van der Waals surface area contributed by atoms with Crippen LogP contribution < -0.4 is 10.1 Å². The number of carbonyl (C=O) groups is 2. The number of aromatic nitrogens is 2. The number of amides is 3. The maximum absolute atomic E-state index is 13.3. The van der Waals surface area contributed by atoms with E-state index in [-0.39, 0.29) is 18.3 Å². The highest BCUT2D eigenvalue weighted by molar-refractivity contribution is 6.07. The Bertz CT molecular complexity index is 1350. The summed E-state index contributed by atoms with van der Waals surface area (Å²) in [5.74, 6) is 0.797. The molecule has 1 unspecified atom stereocenters. The lowest BCUT2D eigenvalue weighted by molar-refractivity contribution is -0.131. The van der Waals surface area contributed by atoms with Crippen LogP contribution in [-0.4, -0.2) is 34.1 Å². The van der Waals surface area contributed by atoms with E-state index in [0.29, 0.717) is 22.7 Å². The highest BCUT2D eigenvalue weighted by Gasteiger charge is 2.49. The number of benzene rings is 3. The molecular formula is C24H20N4O4. The van der Waals surface area contributed by atoms with Crippen molar-refractivity contribution in [1.29, 1.82) is 0 Å². The molecule has 3 aromatic carbocycles. The maximum Gasteiger partial charge on any atom is 0.325 e. The van der Waals surface area contributed by atoms with Gasteiger partial charge in [-0.3, -0.25) is 9.69 Å². The third-order valence-electron chi connectivity index (χ3n) is 5.69. The van der Waals surface area contributed by atoms with Gasteiger partial charge in [0.2, 0.25) is 11.7 Å². The summed E-state index contributed by atoms with van der Waals surface area (Å²) in [6, 6.07) is 20.3. The largest absolute Gasteiger partial charge is 0.497 e. The number of nitrogens with zero attached hydrogens (tertiary/aromatic N) is 3. The Balaban J connectivity index is 1.40. The third-order valence-corrected chi connectivity index (χ3v) is 5.69. The van der Waals surface area contributed by atoms with Crippen molar-refractivity contribution in [3.05, 3.63) is 78.2 Å². The zero-order valence-corrected chi connectivity index (χ0v) is 17.5. The van der Waals surface area contributed by atoms with Crippen molar-refractivity contribution in [2.24, 2.45) is 0 Å². The third kappa shape index (κ3) is 3.26. The Morgan fingerprint density at radius 3 is 2.66 bits per heavy atom. The van der Waals surface area contributed by atoms with Crippen molar-refractivity contribution in [3.63, 3.8) is 0 Å². The summed E-state index contributed by atoms with van der Waals surface area (Å²) in [5, 5.41) is 8.84. The van der Waals surface area contributed by atoms with Gasteiger partial charge in [0.15, 0.2) is 0 Å². The molecule has 5 rings (SSSR count). The number of imide groups is 1. The lowest BCUT2D eigenvalue weighted by Crippen LogP contribution is -2.40. The first-order chi connectivity index (χ1) is 15.5. The Kier molecular flexibility index (Phi) is 4.62. The maximum atomic E-state index is 13.3. The quantitative estimate of drug-likeness (QED) is 0.485.